The Morgan fingerprint density at radius 2 is 1.62 bits per heavy atom. The normalized spacial score (nSPS) is 37.8. The summed E-state index contributed by atoms with van der Waals surface area (Å²) in [4.78, 5) is 13.7. The zero-order chi connectivity index (χ0) is 14.7. The van der Waals surface area contributed by atoms with Crippen LogP contribution in [0.25, 0.3) is 0 Å². The molecule has 1 aromatic rings. The Kier molecular flexibility index (Phi) is 2.85. The van der Waals surface area contributed by atoms with Gasteiger partial charge in [-0.25, -0.2) is 13.1 Å². The highest BCUT2D eigenvalue weighted by atomic mass is 32.2. The van der Waals surface area contributed by atoms with E-state index in [-0.39, 0.29) is 16.0 Å². The number of aromatic amines is 1. The summed E-state index contributed by atoms with van der Waals surface area (Å²) in [7, 11) is -3.56. The first-order valence-corrected chi connectivity index (χ1v) is 9.15. The molecule has 21 heavy (non-hydrogen) atoms. The van der Waals surface area contributed by atoms with Crippen molar-refractivity contribution in [3.05, 3.63) is 28.7 Å². The van der Waals surface area contributed by atoms with Crippen LogP contribution < -0.4 is 10.3 Å². The molecule has 5 rings (SSSR count). The van der Waals surface area contributed by atoms with Crippen LogP contribution in [0, 0.1) is 17.8 Å². The minimum absolute atomic E-state index is 0.151. The quantitative estimate of drug-likeness (QED) is 0.890. The van der Waals surface area contributed by atoms with Gasteiger partial charge in [0, 0.05) is 17.8 Å². The lowest BCUT2D eigenvalue weighted by atomic mass is 9.53. The van der Waals surface area contributed by atoms with Crippen LogP contribution in [0.15, 0.2) is 28.0 Å². The number of rotatable bonds is 3. The Morgan fingerprint density at radius 1 is 1.05 bits per heavy atom. The minimum atomic E-state index is -3.56. The summed E-state index contributed by atoms with van der Waals surface area (Å²) in [6, 6.07) is 2.63. The van der Waals surface area contributed by atoms with E-state index < -0.39 is 10.0 Å². The zero-order valence-electron chi connectivity index (χ0n) is 11.8. The summed E-state index contributed by atoms with van der Waals surface area (Å²) in [6.07, 6.45) is 8.04. The first-order valence-electron chi connectivity index (χ1n) is 7.67. The smallest absolute Gasteiger partial charge is 0.247 e. The van der Waals surface area contributed by atoms with Crippen LogP contribution in [-0.4, -0.2) is 18.9 Å². The summed E-state index contributed by atoms with van der Waals surface area (Å²) in [5.74, 6) is 2.07. The molecule has 0 atom stereocenters. The topological polar surface area (TPSA) is 79.0 Å². The largest absolute Gasteiger partial charge is 0.328 e. The van der Waals surface area contributed by atoms with Crippen LogP contribution in [0.4, 0.5) is 0 Å². The number of hydrogen-bond donors (Lipinski definition) is 2. The van der Waals surface area contributed by atoms with E-state index >= 15 is 0 Å². The summed E-state index contributed by atoms with van der Waals surface area (Å²) in [5.41, 5.74) is -0.535. The second-order valence-electron chi connectivity index (χ2n) is 7.19. The van der Waals surface area contributed by atoms with Crippen LogP contribution in [0.3, 0.4) is 0 Å². The molecule has 2 N–H and O–H groups in total. The molecule has 0 aromatic carbocycles. The molecule has 0 radical (unpaired) electrons. The van der Waals surface area contributed by atoms with E-state index in [9.17, 15) is 13.2 Å². The molecule has 1 aromatic heterocycles. The van der Waals surface area contributed by atoms with Gasteiger partial charge in [-0.1, -0.05) is 0 Å². The van der Waals surface area contributed by atoms with Crippen LogP contribution >= 0.6 is 0 Å². The van der Waals surface area contributed by atoms with Gasteiger partial charge in [0.25, 0.3) is 0 Å². The lowest BCUT2D eigenvalue weighted by molar-refractivity contribution is -0.00810. The monoisotopic (exact) mass is 308 g/mol. The second kappa shape index (κ2) is 4.43. The van der Waals surface area contributed by atoms with Gasteiger partial charge in [-0.3, -0.25) is 4.79 Å². The van der Waals surface area contributed by atoms with Crippen LogP contribution in [0.5, 0.6) is 0 Å². The average molecular weight is 308 g/mol. The molecule has 4 aliphatic rings. The van der Waals surface area contributed by atoms with Crippen molar-refractivity contribution >= 4 is 10.0 Å². The Morgan fingerprint density at radius 3 is 2.10 bits per heavy atom. The second-order valence-corrected chi connectivity index (χ2v) is 8.87. The molecule has 4 aliphatic carbocycles. The summed E-state index contributed by atoms with van der Waals surface area (Å²) in [5, 5.41) is 0. The first-order chi connectivity index (χ1) is 9.94. The van der Waals surface area contributed by atoms with E-state index in [2.05, 4.69) is 9.71 Å². The summed E-state index contributed by atoms with van der Waals surface area (Å²) < 4.78 is 28.2. The first kappa shape index (κ1) is 13.5. The molecule has 4 fully saturated rings. The molecule has 5 nitrogen and oxygen atoms in total. The van der Waals surface area contributed by atoms with E-state index in [1.165, 1.54) is 37.6 Å². The number of aromatic nitrogens is 1. The highest BCUT2D eigenvalue weighted by Crippen LogP contribution is 2.55. The molecule has 0 unspecified atom stereocenters. The van der Waals surface area contributed by atoms with Gasteiger partial charge in [0.1, 0.15) is 0 Å². The van der Waals surface area contributed by atoms with Crippen LogP contribution in [0.2, 0.25) is 0 Å². The van der Waals surface area contributed by atoms with Gasteiger partial charge in [-0.05, 0) is 62.3 Å². The van der Waals surface area contributed by atoms with Gasteiger partial charge >= 0.3 is 0 Å². The third-order valence-corrected chi connectivity index (χ3v) is 7.03. The lowest BCUT2D eigenvalue weighted by Crippen LogP contribution is -2.59. The number of hydrogen-bond acceptors (Lipinski definition) is 3. The van der Waals surface area contributed by atoms with Crippen molar-refractivity contribution in [1.29, 1.82) is 0 Å². The van der Waals surface area contributed by atoms with E-state index in [1.54, 1.807) is 0 Å². The predicted molar refractivity (Wildman–Crippen MR) is 78.3 cm³/mol. The molecule has 0 amide bonds. The Hall–Kier alpha value is -1.14. The Labute approximate surface area is 124 Å². The molecule has 114 valence electrons. The third-order valence-electron chi connectivity index (χ3n) is 5.46. The molecule has 4 saturated carbocycles. The Balaban J connectivity index is 1.63. The van der Waals surface area contributed by atoms with Crippen molar-refractivity contribution < 1.29 is 8.42 Å². The molecule has 1 heterocycles. The van der Waals surface area contributed by atoms with Gasteiger partial charge in [-0.15, -0.1) is 0 Å². The molecule has 0 aliphatic heterocycles. The maximum atomic E-state index is 12.6. The van der Waals surface area contributed by atoms with E-state index in [0.717, 1.165) is 19.3 Å². The van der Waals surface area contributed by atoms with Crippen molar-refractivity contribution in [2.24, 2.45) is 17.8 Å². The van der Waals surface area contributed by atoms with Crippen LogP contribution in [0.1, 0.15) is 38.5 Å². The zero-order valence-corrected chi connectivity index (χ0v) is 12.7. The fraction of sp³-hybridized carbons (Fsp3) is 0.667. The van der Waals surface area contributed by atoms with Crippen molar-refractivity contribution in [1.82, 2.24) is 9.71 Å². The third kappa shape index (κ3) is 2.34. The number of sulfonamides is 1. The van der Waals surface area contributed by atoms with Gasteiger partial charge in [-0.2, -0.15) is 0 Å². The van der Waals surface area contributed by atoms with Crippen molar-refractivity contribution in [3.8, 4) is 0 Å². The molecule has 0 saturated heterocycles. The molecular weight excluding hydrogens is 288 g/mol. The number of pyridine rings is 1. The highest BCUT2D eigenvalue weighted by Gasteiger charge is 2.52. The maximum absolute atomic E-state index is 12.6. The highest BCUT2D eigenvalue weighted by molar-refractivity contribution is 7.89. The Bertz CT molecular complexity index is 667. The standard InChI is InChI=1S/C15H20N2O3S/c18-14-2-1-13(9-16-14)21(19,20)17-15-6-10-3-11(7-15)5-12(4-10)8-15/h1-2,9-12,17H,3-8H2,(H,16,18). The van der Waals surface area contributed by atoms with E-state index in [0.29, 0.717) is 17.8 Å². The predicted octanol–water partition coefficient (Wildman–Crippen LogP) is 1.62. The van der Waals surface area contributed by atoms with E-state index in [4.69, 9.17) is 0 Å². The molecule has 4 bridgehead atoms. The van der Waals surface area contributed by atoms with Crippen molar-refractivity contribution in [3.63, 3.8) is 0 Å². The number of H-pyrrole nitrogens is 1. The SMILES string of the molecule is O=c1ccc(S(=O)(=O)NC23CC4CC(CC(C4)C2)C3)c[nH]1. The minimum Gasteiger partial charge on any atom is -0.328 e. The van der Waals surface area contributed by atoms with Gasteiger partial charge in [0.2, 0.25) is 15.6 Å². The fourth-order valence-corrected chi connectivity index (χ4v) is 6.54. The lowest BCUT2D eigenvalue weighted by Gasteiger charge is -2.56. The van der Waals surface area contributed by atoms with Crippen LogP contribution in [-0.2, 0) is 10.0 Å². The fourth-order valence-electron chi connectivity index (χ4n) is 5.14. The summed E-state index contributed by atoms with van der Waals surface area (Å²) in [6.45, 7) is 0. The van der Waals surface area contributed by atoms with Gasteiger partial charge < -0.3 is 4.98 Å². The average Bonchev–Trinajstić information content (AvgIpc) is 2.36. The molecule has 6 heteroatoms. The van der Waals surface area contributed by atoms with Crippen molar-refractivity contribution in [2.45, 2.75) is 49.0 Å². The summed E-state index contributed by atoms with van der Waals surface area (Å²) >= 11 is 0. The van der Waals surface area contributed by atoms with Gasteiger partial charge in [0.05, 0.1) is 4.90 Å². The van der Waals surface area contributed by atoms with E-state index in [1.807, 2.05) is 0 Å². The van der Waals surface area contributed by atoms with Crippen molar-refractivity contribution in [2.75, 3.05) is 0 Å². The molecular formula is C15H20N2O3S. The number of nitrogens with one attached hydrogen (secondary N) is 2. The maximum Gasteiger partial charge on any atom is 0.247 e. The molecule has 0 spiro atoms. The van der Waals surface area contributed by atoms with Gasteiger partial charge in [0.15, 0.2) is 0 Å².